The number of rotatable bonds is 6. The van der Waals surface area contributed by atoms with E-state index in [9.17, 15) is 0 Å². The summed E-state index contributed by atoms with van der Waals surface area (Å²) in [4.78, 5) is 0. The van der Waals surface area contributed by atoms with Gasteiger partial charge >= 0.3 is 26.2 Å². The van der Waals surface area contributed by atoms with Crippen LogP contribution in [0.15, 0.2) is 157 Å². The molecule has 0 aromatic heterocycles. The molecule has 0 spiro atoms. The van der Waals surface area contributed by atoms with Crippen LogP contribution in [0.4, 0.5) is 0 Å². The van der Waals surface area contributed by atoms with E-state index < -0.39 is 0 Å². The van der Waals surface area contributed by atoms with E-state index in [-0.39, 0.29) is 29.1 Å². The molecule has 0 nitrogen and oxygen atoms in total. The van der Waals surface area contributed by atoms with Crippen molar-refractivity contribution in [1.29, 1.82) is 0 Å². The SMILES string of the molecule is [C-]1=C(C(c2ccccc2)c2ccccc2)C=CC1.[C-]1=C(C(c2ccccc2)c2ccccc2)C=CC1.[H-].[H-].[Zr+2]. The number of hydrogen-bond donors (Lipinski definition) is 0. The van der Waals surface area contributed by atoms with Crippen molar-refractivity contribution >= 4 is 0 Å². The van der Waals surface area contributed by atoms with Gasteiger partial charge in [0.05, 0.1) is 0 Å². The van der Waals surface area contributed by atoms with Crippen LogP contribution in [0.25, 0.3) is 0 Å². The maximum Gasteiger partial charge on any atom is 2.00 e. The Morgan fingerprint density at radius 2 is 0.703 bits per heavy atom. The molecule has 0 heterocycles. The van der Waals surface area contributed by atoms with Crippen molar-refractivity contribution in [3.05, 3.63) is 191 Å². The fourth-order valence-corrected chi connectivity index (χ4v) is 4.92. The van der Waals surface area contributed by atoms with Crippen molar-refractivity contribution in [3.63, 3.8) is 0 Å². The molecule has 0 unspecified atom stereocenters. The van der Waals surface area contributed by atoms with Gasteiger partial charge in [-0.25, -0.2) is 23.3 Å². The van der Waals surface area contributed by atoms with Gasteiger partial charge in [-0.1, -0.05) is 121 Å². The van der Waals surface area contributed by atoms with Gasteiger partial charge < -0.3 is 2.85 Å². The second-order valence-electron chi connectivity index (χ2n) is 8.99. The first-order valence-electron chi connectivity index (χ1n) is 12.6. The Kier molecular flexibility index (Phi) is 10.0. The average Bonchev–Trinajstić information content (AvgIpc) is 3.68. The van der Waals surface area contributed by atoms with Crippen LogP contribution < -0.4 is 0 Å². The largest absolute Gasteiger partial charge is 2.00 e. The summed E-state index contributed by atoms with van der Waals surface area (Å²) in [5, 5.41) is 0. The molecule has 0 atom stereocenters. The molecule has 4 aromatic rings. The number of benzene rings is 4. The number of hydrogen-bond acceptors (Lipinski definition) is 0. The van der Waals surface area contributed by atoms with E-state index in [1.165, 1.54) is 33.4 Å². The molecular formula is C36H32Zr-2. The van der Waals surface area contributed by atoms with Gasteiger partial charge in [-0.15, -0.1) is 12.8 Å². The smallest absolute Gasteiger partial charge is 1.00 e. The summed E-state index contributed by atoms with van der Waals surface area (Å²) < 4.78 is 0. The van der Waals surface area contributed by atoms with Crippen molar-refractivity contribution < 1.29 is 29.1 Å². The Bertz CT molecular complexity index is 1170. The van der Waals surface area contributed by atoms with Crippen LogP contribution in [0.2, 0.25) is 0 Å². The van der Waals surface area contributed by atoms with Crippen molar-refractivity contribution in [2.45, 2.75) is 24.7 Å². The van der Waals surface area contributed by atoms with Crippen LogP contribution in [0, 0.1) is 12.2 Å². The summed E-state index contributed by atoms with van der Waals surface area (Å²) in [6.45, 7) is 0. The third-order valence-corrected chi connectivity index (χ3v) is 6.60. The third-order valence-electron chi connectivity index (χ3n) is 6.60. The first-order valence-corrected chi connectivity index (χ1v) is 12.6. The van der Waals surface area contributed by atoms with Gasteiger partial charge in [0.15, 0.2) is 0 Å². The monoisotopic (exact) mass is 554 g/mol. The Labute approximate surface area is 243 Å². The molecule has 0 bridgehead atoms. The zero-order valence-corrected chi connectivity index (χ0v) is 23.4. The molecule has 182 valence electrons. The van der Waals surface area contributed by atoms with Gasteiger partial charge in [0.25, 0.3) is 0 Å². The zero-order valence-electron chi connectivity index (χ0n) is 22.9. The van der Waals surface area contributed by atoms with E-state index in [4.69, 9.17) is 0 Å². The van der Waals surface area contributed by atoms with Gasteiger partial charge in [0.2, 0.25) is 0 Å². The maximum atomic E-state index is 3.46. The fourth-order valence-electron chi connectivity index (χ4n) is 4.92. The van der Waals surface area contributed by atoms with E-state index in [1.54, 1.807) is 0 Å². The van der Waals surface area contributed by atoms with Gasteiger partial charge in [-0.3, -0.25) is 12.2 Å². The molecular weight excluding hydrogens is 524 g/mol. The minimum Gasteiger partial charge on any atom is -1.00 e. The van der Waals surface area contributed by atoms with Crippen molar-refractivity contribution in [3.8, 4) is 0 Å². The van der Waals surface area contributed by atoms with E-state index in [2.05, 4.69) is 158 Å². The van der Waals surface area contributed by atoms with Crippen molar-refractivity contribution in [2.24, 2.45) is 0 Å². The topological polar surface area (TPSA) is 0 Å². The second-order valence-corrected chi connectivity index (χ2v) is 8.99. The molecule has 0 radical (unpaired) electrons. The number of allylic oxidation sites excluding steroid dienone is 8. The predicted molar refractivity (Wildman–Crippen MR) is 153 cm³/mol. The Morgan fingerprint density at radius 1 is 0.432 bits per heavy atom. The summed E-state index contributed by atoms with van der Waals surface area (Å²) >= 11 is 0. The second kappa shape index (κ2) is 13.9. The van der Waals surface area contributed by atoms with Crippen molar-refractivity contribution in [1.82, 2.24) is 0 Å². The molecule has 2 aliphatic carbocycles. The molecule has 4 aromatic carbocycles. The average molecular weight is 556 g/mol. The fraction of sp³-hybridized carbons (Fsp3) is 0.111. The van der Waals surface area contributed by atoms with E-state index in [0.29, 0.717) is 11.8 Å². The summed E-state index contributed by atoms with van der Waals surface area (Å²) in [7, 11) is 0. The quantitative estimate of drug-likeness (QED) is 0.208. The molecule has 1 heteroatoms. The summed E-state index contributed by atoms with van der Waals surface area (Å²) in [5.74, 6) is 0.622. The standard InChI is InChI=1S/2C18H15.Zr.2H/c2*1-3-9-15(10-4-1)18(17-13-7-8-14-17)16-11-5-2-6-12-16;;;/h2*1-7,9-13,18H,8H2;;;/q2*-1;+2;2*-1. The summed E-state index contributed by atoms with van der Waals surface area (Å²) in [5.41, 5.74) is 7.89. The molecule has 0 saturated carbocycles. The predicted octanol–water partition coefficient (Wildman–Crippen LogP) is 9.24. The van der Waals surface area contributed by atoms with Crippen LogP contribution in [-0.2, 0) is 26.2 Å². The van der Waals surface area contributed by atoms with Gasteiger partial charge in [0.1, 0.15) is 0 Å². The Morgan fingerprint density at radius 3 is 0.919 bits per heavy atom. The Balaban J connectivity index is 0.000000254. The van der Waals surface area contributed by atoms with E-state index in [0.717, 1.165) is 12.8 Å². The molecule has 0 aliphatic heterocycles. The molecule has 37 heavy (non-hydrogen) atoms. The van der Waals surface area contributed by atoms with Gasteiger partial charge in [0, 0.05) is 11.8 Å². The van der Waals surface area contributed by atoms with Crippen LogP contribution in [0.5, 0.6) is 0 Å². The summed E-state index contributed by atoms with van der Waals surface area (Å²) in [6.07, 6.45) is 17.5. The molecule has 0 amide bonds. The van der Waals surface area contributed by atoms with Crippen LogP contribution in [0.3, 0.4) is 0 Å². The maximum absolute atomic E-state index is 3.46. The molecule has 6 rings (SSSR count). The molecule has 0 fully saturated rings. The van der Waals surface area contributed by atoms with E-state index >= 15 is 0 Å². The summed E-state index contributed by atoms with van der Waals surface area (Å²) in [6, 6.07) is 42.6. The van der Waals surface area contributed by atoms with E-state index in [1.807, 2.05) is 0 Å². The van der Waals surface area contributed by atoms with Crippen molar-refractivity contribution in [2.75, 3.05) is 0 Å². The van der Waals surface area contributed by atoms with Gasteiger partial charge in [-0.05, 0) is 22.3 Å². The molecule has 0 saturated heterocycles. The van der Waals surface area contributed by atoms with Crippen LogP contribution in [-0.4, -0.2) is 0 Å². The minimum absolute atomic E-state index is 0. The zero-order chi connectivity index (χ0) is 24.4. The normalized spacial score (nSPS) is 13.6. The minimum atomic E-state index is 0. The molecule has 0 N–H and O–H groups in total. The molecule has 2 aliphatic rings. The first kappa shape index (κ1) is 26.8. The third kappa shape index (κ3) is 6.94. The van der Waals surface area contributed by atoms with Crippen LogP contribution in [0.1, 0.15) is 49.8 Å². The van der Waals surface area contributed by atoms with Crippen LogP contribution >= 0.6 is 0 Å². The van der Waals surface area contributed by atoms with Gasteiger partial charge in [-0.2, -0.15) is 12.2 Å². The Hall–Kier alpha value is -3.28. The first-order chi connectivity index (χ1) is 17.9.